The van der Waals surface area contributed by atoms with Crippen LogP contribution in [0.25, 0.3) is 0 Å². The lowest BCUT2D eigenvalue weighted by Crippen LogP contribution is -2.08. The molecule has 0 aromatic rings. The molecule has 0 saturated heterocycles. The molecule has 0 heterocycles. The molecule has 0 unspecified atom stereocenters. The van der Waals surface area contributed by atoms with E-state index in [1.165, 1.54) is 19.3 Å². The van der Waals surface area contributed by atoms with Crippen molar-refractivity contribution >= 4 is 0 Å². The molecule has 0 spiro atoms. The highest BCUT2D eigenvalue weighted by atomic mass is 16.5. The highest BCUT2D eigenvalue weighted by molar-refractivity contribution is 4.49. The second-order valence-corrected chi connectivity index (χ2v) is 3.98. The summed E-state index contributed by atoms with van der Waals surface area (Å²) >= 11 is 0. The van der Waals surface area contributed by atoms with Gasteiger partial charge in [-0.3, -0.25) is 0 Å². The first-order chi connectivity index (χ1) is 7.19. The smallest absolute Gasteiger partial charge is 0.0569 e. The Hall–Kier alpha value is -0.0400. The van der Waals surface area contributed by atoms with Gasteiger partial charge in [-0.15, -0.1) is 0 Å². The molecule has 0 aliphatic carbocycles. The lowest BCUT2D eigenvalue weighted by atomic mass is 10.0. The maximum Gasteiger partial charge on any atom is 0.0569 e. The highest BCUT2D eigenvalue weighted by Gasteiger charge is 1.98. The van der Waals surface area contributed by atoms with E-state index in [0.29, 0.717) is 6.10 Å². The maximum absolute atomic E-state index is 5.34. The van der Waals surface area contributed by atoms with E-state index >= 15 is 0 Å². The molecule has 0 aliphatic rings. The zero-order valence-electron chi connectivity index (χ0n) is 11.8. The molecule has 0 bridgehead atoms. The Morgan fingerprint density at radius 2 is 1.07 bits per heavy atom. The Balaban J connectivity index is 0. The second-order valence-electron chi connectivity index (χ2n) is 3.98. The molecule has 0 radical (unpaired) electrons. The first-order valence-electron chi connectivity index (χ1n) is 6.81. The third-order valence-electron chi connectivity index (χ3n) is 3.05. The maximum atomic E-state index is 5.34. The molecule has 1 heteroatoms. The summed E-state index contributed by atoms with van der Waals surface area (Å²) in [5, 5.41) is 0. The third-order valence-corrected chi connectivity index (χ3v) is 3.05. The van der Waals surface area contributed by atoms with Crippen molar-refractivity contribution in [3.05, 3.63) is 0 Å². The Bertz CT molecular complexity index is 88.0. The molecule has 0 atom stereocenters. The predicted octanol–water partition coefficient (Wildman–Crippen LogP) is 5.04. The van der Waals surface area contributed by atoms with Crippen LogP contribution in [0.4, 0.5) is 0 Å². The third kappa shape index (κ3) is 11.9. The van der Waals surface area contributed by atoms with Crippen molar-refractivity contribution in [3.8, 4) is 0 Å². The summed E-state index contributed by atoms with van der Waals surface area (Å²) in [6, 6.07) is 0. The van der Waals surface area contributed by atoms with Gasteiger partial charge in [0.1, 0.15) is 0 Å². The zero-order chi connectivity index (χ0) is 12.1. The number of hydrogen-bond donors (Lipinski definition) is 0. The van der Waals surface area contributed by atoms with E-state index < -0.39 is 0 Å². The quantitative estimate of drug-likeness (QED) is 0.579. The Kier molecular flexibility index (Phi) is 16.2. The summed E-state index contributed by atoms with van der Waals surface area (Å²) in [5.41, 5.74) is 0. The van der Waals surface area contributed by atoms with Gasteiger partial charge in [0, 0.05) is 6.61 Å². The van der Waals surface area contributed by atoms with Crippen LogP contribution < -0.4 is 0 Å². The lowest BCUT2D eigenvalue weighted by Gasteiger charge is -2.10. The molecular weight excluding hydrogens is 184 g/mol. The van der Waals surface area contributed by atoms with Crippen molar-refractivity contribution in [3.63, 3.8) is 0 Å². The molecular formula is C14H32O. The Labute approximate surface area is 97.6 Å². The summed E-state index contributed by atoms with van der Waals surface area (Å²) in [6.45, 7) is 14.0. The topological polar surface area (TPSA) is 9.23 Å². The van der Waals surface area contributed by atoms with Gasteiger partial charge >= 0.3 is 0 Å². The van der Waals surface area contributed by atoms with Crippen LogP contribution in [-0.4, -0.2) is 12.7 Å². The van der Waals surface area contributed by atoms with E-state index in [-0.39, 0.29) is 0 Å². The van der Waals surface area contributed by atoms with Gasteiger partial charge in [0.25, 0.3) is 0 Å². The highest BCUT2D eigenvalue weighted by Crippen LogP contribution is 2.10. The number of rotatable bonds is 7. The molecule has 15 heavy (non-hydrogen) atoms. The van der Waals surface area contributed by atoms with E-state index in [1.807, 2.05) is 6.92 Å². The van der Waals surface area contributed by atoms with Gasteiger partial charge in [-0.05, 0) is 25.7 Å². The van der Waals surface area contributed by atoms with Crippen molar-refractivity contribution in [2.75, 3.05) is 6.61 Å². The van der Waals surface area contributed by atoms with E-state index in [1.54, 1.807) is 0 Å². The molecule has 94 valence electrons. The number of hydrogen-bond acceptors (Lipinski definition) is 1. The van der Waals surface area contributed by atoms with Gasteiger partial charge < -0.3 is 4.74 Å². The summed E-state index contributed by atoms with van der Waals surface area (Å²) in [4.78, 5) is 0. The van der Waals surface area contributed by atoms with Crippen LogP contribution in [0.2, 0.25) is 0 Å². The zero-order valence-corrected chi connectivity index (χ0v) is 11.8. The van der Waals surface area contributed by atoms with Crippen LogP contribution in [0.15, 0.2) is 0 Å². The Morgan fingerprint density at radius 1 is 0.667 bits per heavy atom. The average Bonchev–Trinajstić information content (AvgIpc) is 2.29. The van der Waals surface area contributed by atoms with Gasteiger partial charge in [0.05, 0.1) is 6.10 Å². The first-order valence-corrected chi connectivity index (χ1v) is 6.81. The fraction of sp³-hybridized carbons (Fsp3) is 1.00. The second kappa shape index (κ2) is 14.0. The minimum absolute atomic E-state index is 0.500. The van der Waals surface area contributed by atoms with Crippen LogP contribution >= 0.6 is 0 Å². The van der Waals surface area contributed by atoms with Gasteiger partial charge in [0.2, 0.25) is 0 Å². The predicted molar refractivity (Wildman–Crippen MR) is 70.4 cm³/mol. The molecule has 0 fully saturated rings. The fourth-order valence-corrected chi connectivity index (χ4v) is 1.63. The normalized spacial score (nSPS) is 10.4. The molecule has 0 saturated carbocycles. The van der Waals surface area contributed by atoms with E-state index in [0.717, 1.165) is 25.4 Å². The molecule has 0 aromatic heterocycles. The van der Waals surface area contributed by atoms with Crippen LogP contribution in [0, 0.1) is 5.92 Å². The molecule has 0 aliphatic heterocycles. The van der Waals surface area contributed by atoms with Gasteiger partial charge in [0.15, 0.2) is 0 Å². The monoisotopic (exact) mass is 216 g/mol. The standard InChI is InChI=1S/C7H16O.C7H16/c1-4-7(5-2)8-6-3;1-4-7(5-2)6-3/h7H,4-6H2,1-3H3;7H,4-6H2,1-3H3. The molecule has 0 rings (SSSR count). The minimum atomic E-state index is 0.500. The van der Waals surface area contributed by atoms with Crippen LogP contribution in [0.1, 0.15) is 73.6 Å². The van der Waals surface area contributed by atoms with Crippen molar-refractivity contribution in [1.82, 2.24) is 0 Å². The molecule has 1 nitrogen and oxygen atoms in total. The number of ether oxygens (including phenoxy) is 1. The Morgan fingerprint density at radius 3 is 1.13 bits per heavy atom. The molecule has 0 N–H and O–H groups in total. The summed E-state index contributed by atoms with van der Waals surface area (Å²) in [6.07, 6.45) is 6.85. The SMILES string of the molecule is CCC(CC)CC.CCOC(CC)CC. The van der Waals surface area contributed by atoms with Gasteiger partial charge in [-0.25, -0.2) is 0 Å². The van der Waals surface area contributed by atoms with Crippen LogP contribution in [-0.2, 0) is 4.74 Å². The molecule has 0 amide bonds. The van der Waals surface area contributed by atoms with E-state index in [9.17, 15) is 0 Å². The van der Waals surface area contributed by atoms with Crippen molar-refractivity contribution in [1.29, 1.82) is 0 Å². The summed E-state index contributed by atoms with van der Waals surface area (Å²) in [5.74, 6) is 0.986. The lowest BCUT2D eigenvalue weighted by molar-refractivity contribution is 0.0578. The van der Waals surface area contributed by atoms with E-state index in [2.05, 4.69) is 34.6 Å². The molecule has 0 aromatic carbocycles. The summed E-state index contributed by atoms with van der Waals surface area (Å²) < 4.78 is 5.34. The largest absolute Gasteiger partial charge is 0.379 e. The van der Waals surface area contributed by atoms with E-state index in [4.69, 9.17) is 4.74 Å². The van der Waals surface area contributed by atoms with Gasteiger partial charge in [-0.1, -0.05) is 53.9 Å². The average molecular weight is 216 g/mol. The van der Waals surface area contributed by atoms with Crippen molar-refractivity contribution < 1.29 is 4.74 Å². The first kappa shape index (κ1) is 17.4. The van der Waals surface area contributed by atoms with Crippen molar-refractivity contribution in [2.24, 2.45) is 5.92 Å². The minimum Gasteiger partial charge on any atom is -0.379 e. The van der Waals surface area contributed by atoms with Gasteiger partial charge in [-0.2, -0.15) is 0 Å². The van der Waals surface area contributed by atoms with Crippen LogP contribution in [0.3, 0.4) is 0 Å². The summed E-state index contributed by atoms with van der Waals surface area (Å²) in [7, 11) is 0. The fourth-order valence-electron chi connectivity index (χ4n) is 1.63. The van der Waals surface area contributed by atoms with Crippen LogP contribution in [0.5, 0.6) is 0 Å². The van der Waals surface area contributed by atoms with Crippen molar-refractivity contribution in [2.45, 2.75) is 79.8 Å².